The van der Waals surface area contributed by atoms with Gasteiger partial charge in [0.2, 0.25) is 23.5 Å². The molecule has 4 rings (SSSR count). The van der Waals surface area contributed by atoms with Gasteiger partial charge in [-0.25, -0.2) is 4.79 Å². The first-order valence-electron chi connectivity index (χ1n) is 19.6. The third-order valence-corrected chi connectivity index (χ3v) is 10.4. The summed E-state index contributed by atoms with van der Waals surface area (Å²) in [6, 6.07) is -8.66. The van der Waals surface area contributed by atoms with Gasteiger partial charge in [0, 0.05) is 82.0 Å². The van der Waals surface area contributed by atoms with E-state index in [9.17, 15) is 72.2 Å². The molecule has 24 nitrogen and oxygen atoms in total. The second-order valence-corrected chi connectivity index (χ2v) is 15.0. The molecule has 2 fully saturated rings. The van der Waals surface area contributed by atoms with Gasteiger partial charge in [-0.3, -0.25) is 72.1 Å². The molecule has 0 radical (unpaired) electrons. The van der Waals surface area contributed by atoms with Gasteiger partial charge in [0.05, 0.1) is 6.04 Å². The highest BCUT2D eigenvalue weighted by Crippen LogP contribution is 2.24. The average molecular weight is 871 g/mol. The third-order valence-electron chi connectivity index (χ3n) is 10.4. The summed E-state index contributed by atoms with van der Waals surface area (Å²) in [6.45, 7) is 3.54. The van der Waals surface area contributed by atoms with Gasteiger partial charge in [-0.2, -0.15) is 0 Å². The number of ketones is 2. The average Bonchev–Trinajstić information content (AvgIpc) is 3.94. The molecule has 6 N–H and O–H groups in total. The number of hydroxylamine groups is 2. The van der Waals surface area contributed by atoms with Gasteiger partial charge in [-0.15, -0.1) is 5.06 Å². The molecule has 0 aliphatic carbocycles. The van der Waals surface area contributed by atoms with Crippen molar-refractivity contribution in [1.82, 2.24) is 35.7 Å². The number of imide groups is 3. The zero-order valence-electron chi connectivity index (χ0n) is 33.9. The van der Waals surface area contributed by atoms with Gasteiger partial charge in [0.1, 0.15) is 24.2 Å². The monoisotopic (exact) mass is 870 g/mol. The zero-order chi connectivity index (χ0) is 46.2. The Bertz CT molecular complexity index is 1980. The van der Waals surface area contributed by atoms with E-state index in [4.69, 9.17) is 10.6 Å². The molecule has 0 aromatic heterocycles. The van der Waals surface area contributed by atoms with E-state index in [1.165, 1.54) is 6.92 Å². The van der Waals surface area contributed by atoms with Crippen LogP contribution in [0.4, 0.5) is 0 Å². The topological polar surface area (TPSA) is 344 Å². The van der Waals surface area contributed by atoms with Crippen LogP contribution in [0.15, 0.2) is 24.3 Å². The fraction of sp³-hybridized carbons (Fsp3) is 0.526. The minimum Gasteiger partial charge on any atom is -0.480 e. The molecule has 2 saturated heterocycles. The molecule has 334 valence electrons. The summed E-state index contributed by atoms with van der Waals surface area (Å²) in [5.41, 5.74) is 5.76. The van der Waals surface area contributed by atoms with Crippen LogP contribution < -0.4 is 21.7 Å². The van der Waals surface area contributed by atoms with Crippen molar-refractivity contribution in [2.75, 3.05) is 19.6 Å². The Hall–Kier alpha value is -6.98. The number of carboxylic acid groups (broad SMARTS) is 1. The molecule has 4 aliphatic rings. The number of nitrogens with two attached hydrogens (primary N) is 1. The lowest BCUT2D eigenvalue weighted by Gasteiger charge is -2.35. The van der Waals surface area contributed by atoms with Gasteiger partial charge >= 0.3 is 11.9 Å². The molecule has 4 heterocycles. The molecule has 10 amide bonds. The number of carbonyl (C=O) groups excluding carboxylic acids is 13. The fourth-order valence-corrected chi connectivity index (χ4v) is 7.04. The highest BCUT2D eigenvalue weighted by atomic mass is 16.7. The normalized spacial score (nSPS) is 19.3. The smallest absolute Gasteiger partial charge is 0.355 e. The lowest BCUT2D eigenvalue weighted by molar-refractivity contribution is -0.199. The summed E-state index contributed by atoms with van der Waals surface area (Å²) in [4.78, 5) is 185. The first-order valence-corrected chi connectivity index (χ1v) is 19.6. The molecule has 24 heteroatoms. The zero-order valence-corrected chi connectivity index (χ0v) is 33.9. The number of hydrogen-bond donors (Lipinski definition) is 5. The Morgan fingerprint density at radius 3 is 1.60 bits per heavy atom. The van der Waals surface area contributed by atoms with Gasteiger partial charge in [0.25, 0.3) is 41.4 Å². The first kappa shape index (κ1) is 47.7. The number of aliphatic carboxylic acids is 1. The molecule has 5 unspecified atom stereocenters. The number of carboxylic acids is 1. The van der Waals surface area contributed by atoms with E-state index in [2.05, 4.69) is 16.0 Å². The predicted molar refractivity (Wildman–Crippen MR) is 203 cm³/mol. The number of amides is 10. The Morgan fingerprint density at radius 1 is 0.710 bits per heavy atom. The van der Waals surface area contributed by atoms with Crippen LogP contribution in [-0.4, -0.2) is 157 Å². The number of rotatable bonds is 22. The third kappa shape index (κ3) is 10.8. The number of nitrogens with zero attached hydrogens (tertiary/aromatic N) is 4. The standard InChI is InChI=1S/C38H46N8O16/c1-18(2)30(38(61)62-46-27(54)12-13-28(46)55)42-22(49)7-5-16-41-35(57)33(45-25(52)10-11-26(45)53)32(44-23(50)8-9-24(44)51)34(56)40-15-4-6-20(47)31(19(3)29(39)37(59)60)43-17-14-21(48)36(43)58/h8-11,18-19,29-33H,4-7,12-17,39H2,1-3H3,(H,40,56)(H,41,57)(H,42,49)(H,59,60)/t19?,29-,30?,31?,32?,33?/m0/s1. The number of hydrogen-bond acceptors (Lipinski definition) is 16. The molecule has 0 bridgehead atoms. The van der Waals surface area contributed by atoms with Crippen molar-refractivity contribution in [3.8, 4) is 0 Å². The Kier molecular flexibility index (Phi) is 15.8. The Morgan fingerprint density at radius 2 is 1.18 bits per heavy atom. The molecular weight excluding hydrogens is 824 g/mol. The van der Waals surface area contributed by atoms with E-state index in [1.54, 1.807) is 13.8 Å². The minimum absolute atomic E-state index is 0.143. The minimum atomic E-state index is -2.18. The molecular formula is C38H46N8O16. The number of likely N-dealkylation sites (tertiary alicyclic amines) is 1. The summed E-state index contributed by atoms with van der Waals surface area (Å²) in [7, 11) is 0. The van der Waals surface area contributed by atoms with Crippen LogP contribution in [0.1, 0.15) is 65.7 Å². The number of carbonyl (C=O) groups is 14. The lowest BCUT2D eigenvalue weighted by Crippen LogP contribution is -2.66. The highest BCUT2D eigenvalue weighted by molar-refractivity contribution is 6.38. The molecule has 0 aromatic rings. The van der Waals surface area contributed by atoms with Crippen LogP contribution >= 0.6 is 0 Å². The van der Waals surface area contributed by atoms with Gasteiger partial charge < -0.3 is 36.5 Å². The molecule has 0 spiro atoms. The first-order chi connectivity index (χ1) is 29.2. The highest BCUT2D eigenvalue weighted by Gasteiger charge is 2.50. The van der Waals surface area contributed by atoms with Crippen molar-refractivity contribution >= 4 is 82.6 Å². The van der Waals surface area contributed by atoms with Crippen molar-refractivity contribution in [1.29, 1.82) is 0 Å². The fourth-order valence-electron chi connectivity index (χ4n) is 7.04. The second kappa shape index (κ2) is 20.5. The van der Waals surface area contributed by atoms with E-state index in [0.29, 0.717) is 14.9 Å². The van der Waals surface area contributed by atoms with Crippen LogP contribution in [0.25, 0.3) is 0 Å². The van der Waals surface area contributed by atoms with Crippen molar-refractivity contribution in [3.05, 3.63) is 24.3 Å². The Balaban J connectivity index is 1.45. The van der Waals surface area contributed by atoms with Gasteiger partial charge in [0.15, 0.2) is 5.78 Å². The summed E-state index contributed by atoms with van der Waals surface area (Å²) in [6.07, 6.45) is 1.56. The van der Waals surface area contributed by atoms with Crippen LogP contribution in [0.5, 0.6) is 0 Å². The summed E-state index contributed by atoms with van der Waals surface area (Å²) in [5.74, 6) is -15.6. The van der Waals surface area contributed by atoms with Crippen LogP contribution in [0.3, 0.4) is 0 Å². The molecule has 62 heavy (non-hydrogen) atoms. The predicted octanol–water partition coefficient (Wildman–Crippen LogP) is -4.10. The molecule has 4 aliphatic heterocycles. The SMILES string of the molecule is CC(C)C(NC(=O)CCCNC(=O)C(C(C(=O)NCCCC(=O)C(C(C)[C@H](N)C(=O)O)N1CCC(=O)C1=O)N1C(=O)C=CC1=O)N1C(=O)C=CC1=O)C(=O)ON1C(=O)CCC1=O. The summed E-state index contributed by atoms with van der Waals surface area (Å²) in [5, 5.41) is 17.0. The van der Waals surface area contributed by atoms with Crippen molar-refractivity contribution < 1.29 is 77.1 Å². The number of Topliss-reactive ketones (excluding diaryl/α,β-unsaturated/α-hetero) is 2. The number of nitrogens with one attached hydrogen (secondary N) is 3. The van der Waals surface area contributed by atoms with Crippen molar-refractivity contribution in [2.24, 2.45) is 17.6 Å². The van der Waals surface area contributed by atoms with Gasteiger partial charge in [-0.05, 0) is 18.8 Å². The van der Waals surface area contributed by atoms with E-state index in [1.807, 2.05) is 0 Å². The largest absolute Gasteiger partial charge is 0.480 e. The van der Waals surface area contributed by atoms with Crippen LogP contribution in [0.2, 0.25) is 0 Å². The van der Waals surface area contributed by atoms with Gasteiger partial charge in [-0.1, -0.05) is 20.8 Å². The summed E-state index contributed by atoms with van der Waals surface area (Å²) >= 11 is 0. The molecule has 0 saturated carbocycles. The maximum Gasteiger partial charge on any atom is 0.355 e. The van der Waals surface area contributed by atoms with E-state index < -0.39 is 138 Å². The second-order valence-electron chi connectivity index (χ2n) is 15.0. The summed E-state index contributed by atoms with van der Waals surface area (Å²) < 4.78 is 0. The maximum atomic E-state index is 13.9. The van der Waals surface area contributed by atoms with E-state index in [-0.39, 0.29) is 51.6 Å². The Labute approximate surface area is 352 Å². The van der Waals surface area contributed by atoms with Crippen molar-refractivity contribution in [3.63, 3.8) is 0 Å². The maximum absolute atomic E-state index is 13.9. The van der Waals surface area contributed by atoms with E-state index >= 15 is 0 Å². The molecule has 0 aromatic carbocycles. The van der Waals surface area contributed by atoms with Crippen LogP contribution in [0, 0.1) is 11.8 Å². The molecule has 6 atom stereocenters. The lowest BCUT2D eigenvalue weighted by atomic mass is 9.88. The van der Waals surface area contributed by atoms with E-state index in [0.717, 1.165) is 29.2 Å². The van der Waals surface area contributed by atoms with Crippen molar-refractivity contribution in [2.45, 2.75) is 95.9 Å². The van der Waals surface area contributed by atoms with Crippen LogP contribution in [-0.2, 0) is 72.0 Å². The quantitative estimate of drug-likeness (QED) is 0.0392.